The van der Waals surface area contributed by atoms with Gasteiger partial charge >= 0.3 is 5.97 Å². The average Bonchev–Trinajstić information content (AvgIpc) is 2.34. The minimum Gasteiger partial charge on any atom is -0.464 e. The molecule has 0 atom stereocenters. The summed E-state index contributed by atoms with van der Waals surface area (Å²) in [5, 5.41) is 0. The normalized spacial score (nSPS) is 9.40. The molecule has 4 nitrogen and oxygen atoms in total. The van der Waals surface area contributed by atoms with E-state index in [0.717, 1.165) is 0 Å². The number of carbonyl (C=O) groups excluding carboxylic acids is 1. The van der Waals surface area contributed by atoms with Crippen LogP contribution in [-0.2, 0) is 4.74 Å². The molecular weight excluding hydrogens is 247 g/mol. The lowest BCUT2D eigenvalue weighted by Gasteiger charge is -1.90. The van der Waals surface area contributed by atoms with E-state index in [1.807, 2.05) is 22.6 Å². The number of methoxy groups -OCH3 is 1. The SMILES string of the molecule is COC(=O)c1cnc(I)[nH]1. The van der Waals surface area contributed by atoms with Gasteiger partial charge in [0.1, 0.15) is 5.69 Å². The van der Waals surface area contributed by atoms with Gasteiger partial charge in [0.25, 0.3) is 0 Å². The Labute approximate surface area is 71.1 Å². The van der Waals surface area contributed by atoms with Crippen LogP contribution in [0, 0.1) is 3.83 Å². The van der Waals surface area contributed by atoms with Crippen molar-refractivity contribution < 1.29 is 9.53 Å². The standard InChI is InChI=1S/C5H5IN2O2/c1-10-4(9)3-2-7-5(6)8-3/h2H,1H3,(H,7,8). The molecule has 0 bridgehead atoms. The van der Waals surface area contributed by atoms with Gasteiger partial charge in [-0.2, -0.15) is 0 Å². The van der Waals surface area contributed by atoms with Gasteiger partial charge in [-0.05, 0) is 22.6 Å². The third-order valence-electron chi connectivity index (χ3n) is 0.950. The second-order valence-electron chi connectivity index (χ2n) is 1.58. The maximum atomic E-state index is 10.7. The van der Waals surface area contributed by atoms with Crippen LogP contribution < -0.4 is 0 Å². The van der Waals surface area contributed by atoms with E-state index in [1.54, 1.807) is 0 Å². The summed E-state index contributed by atoms with van der Waals surface area (Å²) in [6.07, 6.45) is 1.44. The van der Waals surface area contributed by atoms with Gasteiger partial charge in [-0.15, -0.1) is 0 Å². The number of H-pyrrole nitrogens is 1. The zero-order chi connectivity index (χ0) is 7.56. The van der Waals surface area contributed by atoms with Crippen LogP contribution in [0.5, 0.6) is 0 Å². The Morgan fingerprint density at radius 2 is 2.60 bits per heavy atom. The van der Waals surface area contributed by atoms with Crippen LogP contribution in [0.25, 0.3) is 0 Å². The first-order valence-corrected chi connectivity index (χ1v) is 3.60. The number of ether oxygens (including phenoxy) is 1. The number of nitrogens with zero attached hydrogens (tertiary/aromatic N) is 1. The molecule has 0 saturated carbocycles. The molecule has 0 unspecified atom stereocenters. The molecule has 0 spiro atoms. The number of aromatic amines is 1. The van der Waals surface area contributed by atoms with Gasteiger partial charge < -0.3 is 9.72 Å². The van der Waals surface area contributed by atoms with Crippen LogP contribution in [-0.4, -0.2) is 23.0 Å². The molecule has 1 rings (SSSR count). The van der Waals surface area contributed by atoms with E-state index in [0.29, 0.717) is 9.53 Å². The van der Waals surface area contributed by atoms with Crippen LogP contribution in [0.2, 0.25) is 0 Å². The molecule has 54 valence electrons. The smallest absolute Gasteiger partial charge is 0.356 e. The van der Waals surface area contributed by atoms with E-state index < -0.39 is 5.97 Å². The van der Waals surface area contributed by atoms with Crippen LogP contribution in [0.1, 0.15) is 10.5 Å². The maximum absolute atomic E-state index is 10.7. The van der Waals surface area contributed by atoms with E-state index in [2.05, 4.69) is 14.7 Å². The van der Waals surface area contributed by atoms with E-state index >= 15 is 0 Å². The van der Waals surface area contributed by atoms with Crippen LogP contribution >= 0.6 is 22.6 Å². The number of esters is 1. The summed E-state index contributed by atoms with van der Waals surface area (Å²) in [6.45, 7) is 0. The van der Waals surface area contributed by atoms with Crippen molar-refractivity contribution in [1.82, 2.24) is 9.97 Å². The second kappa shape index (κ2) is 3.00. The molecule has 5 heteroatoms. The van der Waals surface area contributed by atoms with Crippen LogP contribution in [0.4, 0.5) is 0 Å². The summed E-state index contributed by atoms with van der Waals surface area (Å²) < 4.78 is 5.11. The molecule has 1 heterocycles. The summed E-state index contributed by atoms with van der Waals surface area (Å²) >= 11 is 1.98. The van der Waals surface area contributed by atoms with Gasteiger partial charge in [0.05, 0.1) is 13.3 Å². The zero-order valence-electron chi connectivity index (χ0n) is 5.22. The van der Waals surface area contributed by atoms with Crippen molar-refractivity contribution in [2.75, 3.05) is 7.11 Å². The van der Waals surface area contributed by atoms with Crippen molar-refractivity contribution in [3.63, 3.8) is 0 Å². The van der Waals surface area contributed by atoms with Crippen molar-refractivity contribution in [2.24, 2.45) is 0 Å². The predicted octanol–water partition coefficient (Wildman–Crippen LogP) is 0.801. The first-order valence-electron chi connectivity index (χ1n) is 2.53. The molecule has 1 N–H and O–H groups in total. The topological polar surface area (TPSA) is 55.0 Å². The number of nitrogens with one attached hydrogen (secondary N) is 1. The highest BCUT2D eigenvalue weighted by Crippen LogP contribution is 2.00. The Bertz CT molecular complexity index is 246. The fraction of sp³-hybridized carbons (Fsp3) is 0.200. The van der Waals surface area contributed by atoms with Crippen LogP contribution in [0.15, 0.2) is 6.20 Å². The van der Waals surface area contributed by atoms with Gasteiger partial charge in [-0.25, -0.2) is 9.78 Å². The van der Waals surface area contributed by atoms with E-state index in [-0.39, 0.29) is 0 Å². The highest BCUT2D eigenvalue weighted by atomic mass is 127. The third-order valence-corrected chi connectivity index (χ3v) is 1.50. The summed E-state index contributed by atoms with van der Waals surface area (Å²) in [6, 6.07) is 0. The molecule has 0 amide bonds. The Balaban J connectivity index is 2.85. The largest absolute Gasteiger partial charge is 0.464 e. The fourth-order valence-electron chi connectivity index (χ4n) is 0.511. The highest BCUT2D eigenvalue weighted by molar-refractivity contribution is 14.1. The Morgan fingerprint density at radius 1 is 1.90 bits per heavy atom. The minimum atomic E-state index is -0.393. The zero-order valence-corrected chi connectivity index (χ0v) is 7.38. The number of halogens is 1. The minimum absolute atomic E-state index is 0.381. The molecule has 1 aromatic rings. The molecule has 0 radical (unpaired) electrons. The number of hydrogen-bond donors (Lipinski definition) is 1. The lowest BCUT2D eigenvalue weighted by molar-refractivity contribution is 0.0594. The van der Waals surface area contributed by atoms with Crippen molar-refractivity contribution in [1.29, 1.82) is 0 Å². The van der Waals surface area contributed by atoms with Crippen molar-refractivity contribution in [3.8, 4) is 0 Å². The highest BCUT2D eigenvalue weighted by Gasteiger charge is 2.06. The first-order chi connectivity index (χ1) is 4.74. The first kappa shape index (κ1) is 7.52. The van der Waals surface area contributed by atoms with Gasteiger partial charge in [0.15, 0.2) is 3.83 Å². The number of carbonyl (C=O) groups is 1. The van der Waals surface area contributed by atoms with E-state index in [9.17, 15) is 4.79 Å². The monoisotopic (exact) mass is 252 g/mol. The van der Waals surface area contributed by atoms with Crippen LogP contribution in [0.3, 0.4) is 0 Å². The fourth-order valence-corrected chi connectivity index (χ4v) is 0.940. The number of imidazole rings is 1. The molecule has 0 aliphatic carbocycles. The lowest BCUT2D eigenvalue weighted by Crippen LogP contribution is -2.00. The van der Waals surface area contributed by atoms with E-state index in [4.69, 9.17) is 0 Å². The molecule has 0 aliphatic heterocycles. The summed E-state index contributed by atoms with van der Waals surface area (Å²) in [5.74, 6) is -0.393. The van der Waals surface area contributed by atoms with Crippen molar-refractivity contribution in [2.45, 2.75) is 0 Å². The van der Waals surface area contributed by atoms with Gasteiger partial charge in [-0.1, -0.05) is 0 Å². The second-order valence-corrected chi connectivity index (χ2v) is 2.60. The number of aromatic nitrogens is 2. The average molecular weight is 252 g/mol. The summed E-state index contributed by atoms with van der Waals surface area (Å²) in [4.78, 5) is 17.3. The molecular formula is C5H5IN2O2. The molecule has 0 saturated heterocycles. The summed E-state index contributed by atoms with van der Waals surface area (Å²) in [5.41, 5.74) is 0.381. The quantitative estimate of drug-likeness (QED) is 0.594. The number of rotatable bonds is 1. The third kappa shape index (κ3) is 1.47. The molecule has 0 aliphatic rings. The molecule has 0 aromatic carbocycles. The van der Waals surface area contributed by atoms with Crippen molar-refractivity contribution >= 4 is 28.6 Å². The maximum Gasteiger partial charge on any atom is 0.356 e. The molecule has 0 fully saturated rings. The van der Waals surface area contributed by atoms with Gasteiger partial charge in [0, 0.05) is 0 Å². The Hall–Kier alpha value is -0.590. The predicted molar refractivity (Wildman–Crippen MR) is 42.6 cm³/mol. The van der Waals surface area contributed by atoms with Crippen molar-refractivity contribution in [3.05, 3.63) is 15.7 Å². The number of hydrogen-bond acceptors (Lipinski definition) is 3. The summed E-state index contributed by atoms with van der Waals surface area (Å²) in [7, 11) is 1.33. The Kier molecular flexibility index (Phi) is 2.25. The Morgan fingerprint density at radius 3 is 3.00 bits per heavy atom. The van der Waals surface area contributed by atoms with Gasteiger partial charge in [-0.3, -0.25) is 0 Å². The molecule has 1 aromatic heterocycles. The molecule has 10 heavy (non-hydrogen) atoms. The lowest BCUT2D eigenvalue weighted by atomic mass is 10.5. The van der Waals surface area contributed by atoms with E-state index in [1.165, 1.54) is 13.3 Å². The van der Waals surface area contributed by atoms with Gasteiger partial charge in [0.2, 0.25) is 0 Å².